The van der Waals surface area contributed by atoms with Gasteiger partial charge in [-0.05, 0) is 43.2 Å². The molecule has 6 nitrogen and oxygen atoms in total. The van der Waals surface area contributed by atoms with Gasteiger partial charge < -0.3 is 20.3 Å². The van der Waals surface area contributed by atoms with Crippen molar-refractivity contribution in [1.82, 2.24) is 15.6 Å². The number of aliphatic imine (C=N–C) groups is 1. The number of aromatic nitrogens is 1. The second-order valence-corrected chi connectivity index (χ2v) is 7.06. The number of ether oxygens (including phenoxy) is 1. The van der Waals surface area contributed by atoms with Gasteiger partial charge in [0.05, 0.1) is 12.8 Å². The number of rotatable bonds is 5. The zero-order chi connectivity index (χ0) is 19.2. The van der Waals surface area contributed by atoms with Gasteiger partial charge in [0.2, 0.25) is 0 Å². The van der Waals surface area contributed by atoms with E-state index in [2.05, 4.69) is 31.6 Å². The first kappa shape index (κ1) is 22.5. The molecule has 0 radical (unpaired) electrons. The van der Waals surface area contributed by atoms with Crippen molar-refractivity contribution < 1.29 is 4.74 Å². The Morgan fingerprint density at radius 2 is 2.18 bits per heavy atom. The summed E-state index contributed by atoms with van der Waals surface area (Å²) in [6.45, 7) is 4.47. The molecule has 1 aromatic carbocycles. The van der Waals surface area contributed by atoms with Gasteiger partial charge in [0.1, 0.15) is 5.75 Å². The first-order chi connectivity index (χ1) is 13.1. The van der Waals surface area contributed by atoms with Crippen molar-refractivity contribution in [2.24, 2.45) is 4.99 Å². The van der Waals surface area contributed by atoms with E-state index in [1.165, 1.54) is 0 Å². The van der Waals surface area contributed by atoms with Crippen molar-refractivity contribution >= 4 is 47.2 Å². The van der Waals surface area contributed by atoms with Crippen LogP contribution < -0.4 is 20.3 Å². The Labute approximate surface area is 188 Å². The lowest BCUT2D eigenvalue weighted by Crippen LogP contribution is -2.44. The molecule has 0 saturated carbocycles. The van der Waals surface area contributed by atoms with Crippen LogP contribution >= 0.6 is 35.6 Å². The molecule has 1 atom stereocenters. The second-order valence-electron chi connectivity index (χ2n) is 6.63. The summed E-state index contributed by atoms with van der Waals surface area (Å²) in [5.41, 5.74) is 3.17. The predicted octanol–water partition coefficient (Wildman–Crippen LogP) is 3.61. The molecule has 0 bridgehead atoms. The fraction of sp³-hybridized carbons (Fsp3) is 0.400. The lowest BCUT2D eigenvalue weighted by molar-refractivity contribution is 0.415. The number of benzene rings is 1. The standard InChI is InChI=1S/C20H26ClN5O.HI/c1-14-4-5-15(11-23-14)12-24-20(22-2)25-17-8-9-26(13-17)18-10-16(21)6-7-19(18)27-3;/h4-7,10-11,17H,8-9,12-13H2,1-3H3,(H2,22,24,25);1H. The maximum atomic E-state index is 6.17. The highest BCUT2D eigenvalue weighted by atomic mass is 127. The van der Waals surface area contributed by atoms with Crippen LogP contribution in [-0.4, -0.2) is 44.2 Å². The number of anilines is 1. The molecule has 1 aliphatic heterocycles. The fourth-order valence-electron chi connectivity index (χ4n) is 3.18. The van der Waals surface area contributed by atoms with E-state index >= 15 is 0 Å². The number of halogens is 2. The molecule has 1 saturated heterocycles. The van der Waals surface area contributed by atoms with Gasteiger partial charge in [-0.1, -0.05) is 17.7 Å². The largest absolute Gasteiger partial charge is 0.495 e. The van der Waals surface area contributed by atoms with E-state index in [1.807, 2.05) is 37.4 Å². The summed E-state index contributed by atoms with van der Waals surface area (Å²) in [5, 5.41) is 7.57. The summed E-state index contributed by atoms with van der Waals surface area (Å²) in [5.74, 6) is 1.63. The fourth-order valence-corrected chi connectivity index (χ4v) is 3.35. The number of hydrogen-bond donors (Lipinski definition) is 2. The van der Waals surface area contributed by atoms with Gasteiger partial charge >= 0.3 is 0 Å². The lowest BCUT2D eigenvalue weighted by Gasteiger charge is -2.22. The van der Waals surface area contributed by atoms with E-state index in [-0.39, 0.29) is 24.0 Å². The van der Waals surface area contributed by atoms with Crippen molar-refractivity contribution in [1.29, 1.82) is 0 Å². The van der Waals surface area contributed by atoms with E-state index in [0.717, 1.165) is 48.2 Å². The Morgan fingerprint density at radius 3 is 2.86 bits per heavy atom. The lowest BCUT2D eigenvalue weighted by atomic mass is 10.2. The number of nitrogens with zero attached hydrogens (tertiary/aromatic N) is 3. The summed E-state index contributed by atoms with van der Waals surface area (Å²) in [4.78, 5) is 11.0. The van der Waals surface area contributed by atoms with E-state index in [9.17, 15) is 0 Å². The van der Waals surface area contributed by atoms with Crippen molar-refractivity contribution in [3.63, 3.8) is 0 Å². The van der Waals surface area contributed by atoms with Gasteiger partial charge in [0, 0.05) is 49.6 Å². The third-order valence-electron chi connectivity index (χ3n) is 4.67. The van der Waals surface area contributed by atoms with Gasteiger partial charge in [-0.15, -0.1) is 24.0 Å². The van der Waals surface area contributed by atoms with Crippen LogP contribution in [0.5, 0.6) is 5.75 Å². The molecule has 2 aromatic rings. The smallest absolute Gasteiger partial charge is 0.191 e. The average Bonchev–Trinajstić information content (AvgIpc) is 3.14. The van der Waals surface area contributed by atoms with Gasteiger partial charge in [0.25, 0.3) is 0 Å². The van der Waals surface area contributed by atoms with E-state index in [0.29, 0.717) is 17.6 Å². The van der Waals surface area contributed by atoms with E-state index < -0.39 is 0 Å². The Hall–Kier alpha value is -1.74. The van der Waals surface area contributed by atoms with Gasteiger partial charge in [-0.25, -0.2) is 0 Å². The molecule has 2 heterocycles. The molecular formula is C20H27ClIN5O. The van der Waals surface area contributed by atoms with E-state index in [4.69, 9.17) is 16.3 Å². The summed E-state index contributed by atoms with van der Waals surface area (Å²) in [6.07, 6.45) is 2.90. The summed E-state index contributed by atoms with van der Waals surface area (Å²) < 4.78 is 5.48. The third-order valence-corrected chi connectivity index (χ3v) is 4.90. The Bertz CT molecular complexity index is 800. The molecule has 8 heteroatoms. The minimum atomic E-state index is 0. The second kappa shape index (κ2) is 10.7. The predicted molar refractivity (Wildman–Crippen MR) is 126 cm³/mol. The number of pyridine rings is 1. The average molecular weight is 516 g/mol. The molecule has 2 N–H and O–H groups in total. The van der Waals surface area contributed by atoms with Crippen molar-refractivity contribution in [3.05, 3.63) is 52.8 Å². The van der Waals surface area contributed by atoms with Gasteiger partial charge in [-0.2, -0.15) is 0 Å². The molecule has 0 amide bonds. The normalized spacial score (nSPS) is 16.5. The maximum Gasteiger partial charge on any atom is 0.191 e. The molecule has 152 valence electrons. The van der Waals surface area contributed by atoms with Crippen LogP contribution in [0.4, 0.5) is 5.69 Å². The molecule has 1 fully saturated rings. The minimum absolute atomic E-state index is 0. The number of hydrogen-bond acceptors (Lipinski definition) is 4. The molecule has 28 heavy (non-hydrogen) atoms. The van der Waals surface area contributed by atoms with Gasteiger partial charge in [-0.3, -0.25) is 9.98 Å². The molecule has 1 unspecified atom stereocenters. The Kier molecular flexibility index (Phi) is 8.62. The SMILES string of the molecule is CN=C(NCc1ccc(C)nc1)NC1CCN(c2cc(Cl)ccc2OC)C1.I. The number of methoxy groups -OCH3 is 1. The number of guanidine groups is 1. The van der Waals surface area contributed by atoms with Crippen LogP contribution in [0, 0.1) is 6.92 Å². The molecule has 1 aromatic heterocycles. The summed E-state index contributed by atoms with van der Waals surface area (Å²) >= 11 is 6.17. The first-order valence-corrected chi connectivity index (χ1v) is 9.44. The minimum Gasteiger partial charge on any atom is -0.495 e. The quantitative estimate of drug-likeness (QED) is 0.362. The summed E-state index contributed by atoms with van der Waals surface area (Å²) in [7, 11) is 3.47. The highest BCUT2D eigenvalue weighted by Crippen LogP contribution is 2.33. The highest BCUT2D eigenvalue weighted by molar-refractivity contribution is 14.0. The first-order valence-electron chi connectivity index (χ1n) is 9.06. The van der Waals surface area contributed by atoms with Crippen molar-refractivity contribution in [2.45, 2.75) is 25.9 Å². The van der Waals surface area contributed by atoms with Crippen LogP contribution in [0.2, 0.25) is 5.02 Å². The maximum absolute atomic E-state index is 6.17. The summed E-state index contributed by atoms with van der Waals surface area (Å²) in [6, 6.07) is 10.1. The molecule has 3 rings (SSSR count). The van der Waals surface area contributed by atoms with Crippen LogP contribution in [0.25, 0.3) is 0 Å². The molecule has 1 aliphatic rings. The van der Waals surface area contributed by atoms with Crippen LogP contribution in [-0.2, 0) is 6.54 Å². The van der Waals surface area contributed by atoms with E-state index in [1.54, 1.807) is 14.2 Å². The topological polar surface area (TPSA) is 61.8 Å². The molecule has 0 spiro atoms. The Balaban J connectivity index is 0.00000280. The third kappa shape index (κ3) is 5.88. The zero-order valence-corrected chi connectivity index (χ0v) is 19.5. The Morgan fingerprint density at radius 1 is 1.36 bits per heavy atom. The van der Waals surface area contributed by atoms with Crippen molar-refractivity contribution in [3.8, 4) is 5.75 Å². The zero-order valence-electron chi connectivity index (χ0n) is 16.4. The van der Waals surface area contributed by atoms with Crippen LogP contribution in [0.15, 0.2) is 41.5 Å². The van der Waals surface area contributed by atoms with Crippen LogP contribution in [0.3, 0.4) is 0 Å². The number of nitrogens with one attached hydrogen (secondary N) is 2. The van der Waals surface area contributed by atoms with Gasteiger partial charge in [0.15, 0.2) is 5.96 Å². The van der Waals surface area contributed by atoms with Crippen molar-refractivity contribution in [2.75, 3.05) is 32.1 Å². The van der Waals surface area contributed by atoms with Crippen LogP contribution in [0.1, 0.15) is 17.7 Å². The highest BCUT2D eigenvalue weighted by Gasteiger charge is 2.25. The molecular weight excluding hydrogens is 489 g/mol. The monoisotopic (exact) mass is 515 g/mol. The molecule has 0 aliphatic carbocycles. The number of aryl methyl sites for hydroxylation is 1.